The Labute approximate surface area is 197 Å². The van der Waals surface area contributed by atoms with Crippen molar-refractivity contribution in [3.8, 4) is 21.0 Å². The lowest BCUT2D eigenvalue weighted by Crippen LogP contribution is -2.38. The minimum absolute atomic E-state index is 0.161. The summed E-state index contributed by atoms with van der Waals surface area (Å²) in [5.41, 5.74) is 11.6. The van der Waals surface area contributed by atoms with Crippen molar-refractivity contribution < 1.29 is 4.55 Å². The number of nitrogens with two attached hydrogens (primary N) is 1. The van der Waals surface area contributed by atoms with Crippen LogP contribution in [0.5, 0.6) is 0 Å². The van der Waals surface area contributed by atoms with E-state index in [-0.39, 0.29) is 6.04 Å². The molecule has 0 radical (unpaired) electrons. The molecule has 32 heavy (non-hydrogen) atoms. The normalized spacial score (nSPS) is 19.7. The van der Waals surface area contributed by atoms with Gasteiger partial charge in [0.05, 0.1) is 10.9 Å². The molecule has 1 aliphatic carbocycles. The first-order valence-corrected chi connectivity index (χ1v) is 13.6. The summed E-state index contributed by atoms with van der Waals surface area (Å²) >= 11 is 0.694. The van der Waals surface area contributed by atoms with Crippen LogP contribution in [0.3, 0.4) is 0 Å². The predicted octanol–water partition coefficient (Wildman–Crippen LogP) is 4.79. The second-order valence-electron chi connectivity index (χ2n) is 8.69. The first kappa shape index (κ1) is 21.9. The summed E-state index contributed by atoms with van der Waals surface area (Å²) in [7, 11) is 0. The second kappa shape index (κ2) is 9.93. The van der Waals surface area contributed by atoms with Gasteiger partial charge in [0.25, 0.3) is 0 Å². The van der Waals surface area contributed by atoms with Gasteiger partial charge >= 0.3 is 0 Å². The van der Waals surface area contributed by atoms with Crippen LogP contribution < -0.4 is 10.5 Å². The number of piperidine rings is 1. The van der Waals surface area contributed by atoms with Gasteiger partial charge in [-0.2, -0.15) is 0 Å². The van der Waals surface area contributed by atoms with Crippen molar-refractivity contribution in [1.82, 2.24) is 14.6 Å². The molecule has 2 aromatic carbocycles. The Morgan fingerprint density at radius 2 is 2.00 bits per heavy atom. The fourth-order valence-electron chi connectivity index (χ4n) is 4.82. The number of aromatic nitrogens is 1. The summed E-state index contributed by atoms with van der Waals surface area (Å²) in [6.45, 7) is 3.23. The molecule has 3 aromatic rings. The lowest BCUT2D eigenvalue weighted by Gasteiger charge is -2.26. The van der Waals surface area contributed by atoms with E-state index in [1.54, 1.807) is 11.3 Å². The van der Waals surface area contributed by atoms with Gasteiger partial charge in [0.2, 0.25) is 0 Å². The van der Waals surface area contributed by atoms with Gasteiger partial charge in [-0.15, -0.1) is 16.1 Å². The van der Waals surface area contributed by atoms with E-state index in [1.165, 1.54) is 40.8 Å². The third kappa shape index (κ3) is 4.87. The summed E-state index contributed by atoms with van der Waals surface area (Å²) in [6.07, 6.45) is 7.84. The van der Waals surface area contributed by atoms with Crippen molar-refractivity contribution in [2.45, 2.75) is 38.1 Å². The van der Waals surface area contributed by atoms with Crippen molar-refractivity contribution in [3.63, 3.8) is 0 Å². The molecule has 1 aliphatic heterocycles. The largest absolute Gasteiger partial charge is 0.598 e. The quantitative estimate of drug-likeness (QED) is 0.387. The Hall–Kier alpha value is -1.90. The number of anilines is 1. The maximum absolute atomic E-state index is 12.7. The summed E-state index contributed by atoms with van der Waals surface area (Å²) in [5, 5.41) is 0.983. The van der Waals surface area contributed by atoms with E-state index < -0.39 is 11.4 Å². The molecule has 5 nitrogen and oxygen atoms in total. The van der Waals surface area contributed by atoms with Crippen molar-refractivity contribution in [3.05, 3.63) is 59.8 Å². The number of nitrogen functional groups attached to an aromatic ring is 1. The number of nitrogens with zero attached hydrogens (tertiary/aromatic N) is 2. The maximum Gasteiger partial charge on any atom is 0.138 e. The highest BCUT2D eigenvalue weighted by Crippen LogP contribution is 2.41. The molecule has 1 saturated heterocycles. The van der Waals surface area contributed by atoms with Crippen LogP contribution in [0, 0.1) is 0 Å². The Morgan fingerprint density at radius 1 is 1.16 bits per heavy atom. The highest BCUT2D eigenvalue weighted by molar-refractivity contribution is 7.89. The molecule has 3 N–H and O–H groups in total. The van der Waals surface area contributed by atoms with Crippen LogP contribution in [-0.4, -0.2) is 39.8 Å². The average Bonchev–Trinajstić information content (AvgIpc) is 3.46. The third-order valence-electron chi connectivity index (χ3n) is 6.49. The molecule has 0 saturated carbocycles. The number of nitrogens with one attached hydrogen (secondary N) is 1. The zero-order chi connectivity index (χ0) is 21.9. The zero-order valence-electron chi connectivity index (χ0n) is 18.3. The number of hydrogen-bond acceptors (Lipinski definition) is 6. The van der Waals surface area contributed by atoms with Gasteiger partial charge in [0.15, 0.2) is 0 Å². The Balaban J connectivity index is 1.28. The van der Waals surface area contributed by atoms with Crippen molar-refractivity contribution >= 4 is 28.4 Å². The summed E-state index contributed by atoms with van der Waals surface area (Å²) in [5.74, 6) is 0.698. The standard InChI is InChI=1S/C25H30N4OS2/c26-19-7-4-6-18(16-19)25-27-17-24(31-25)22-9-5-8-21-20(22)10-11-23(21)28-32(30)15-14-29-12-2-1-3-13-29/h4-9,16-17,23,28H,1-3,10-15,26H2. The molecule has 168 valence electrons. The molecular weight excluding hydrogens is 436 g/mol. The van der Waals surface area contributed by atoms with Crippen LogP contribution in [-0.2, 0) is 17.8 Å². The van der Waals surface area contributed by atoms with Crippen LogP contribution in [0.1, 0.15) is 42.9 Å². The lowest BCUT2D eigenvalue weighted by molar-refractivity contribution is 0.241. The molecule has 1 aromatic heterocycles. The average molecular weight is 467 g/mol. The van der Waals surface area contributed by atoms with Crippen LogP contribution in [0.2, 0.25) is 0 Å². The number of benzene rings is 2. The highest BCUT2D eigenvalue weighted by atomic mass is 32.2. The molecule has 2 atom stereocenters. The molecule has 0 bridgehead atoms. The van der Waals surface area contributed by atoms with Gasteiger partial charge in [0, 0.05) is 35.4 Å². The minimum Gasteiger partial charge on any atom is -0.598 e. The first-order chi connectivity index (χ1) is 15.7. The van der Waals surface area contributed by atoms with E-state index in [9.17, 15) is 4.55 Å². The third-order valence-corrected chi connectivity index (χ3v) is 8.67. The Morgan fingerprint density at radius 3 is 2.84 bits per heavy atom. The van der Waals surface area contributed by atoms with Gasteiger partial charge in [-0.3, -0.25) is 4.90 Å². The van der Waals surface area contributed by atoms with E-state index in [2.05, 4.69) is 32.8 Å². The summed E-state index contributed by atoms with van der Waals surface area (Å²) in [4.78, 5) is 8.28. The van der Waals surface area contributed by atoms with Crippen molar-refractivity contribution in [2.75, 3.05) is 31.1 Å². The van der Waals surface area contributed by atoms with Gasteiger partial charge in [0.1, 0.15) is 10.8 Å². The predicted molar refractivity (Wildman–Crippen MR) is 135 cm³/mol. The van der Waals surface area contributed by atoms with Gasteiger partial charge < -0.3 is 10.3 Å². The molecule has 1 fully saturated rings. The van der Waals surface area contributed by atoms with E-state index in [1.807, 2.05) is 30.5 Å². The molecule has 5 rings (SSSR count). The zero-order valence-corrected chi connectivity index (χ0v) is 19.9. The molecule has 0 spiro atoms. The fourth-order valence-corrected chi connectivity index (χ4v) is 6.89. The number of likely N-dealkylation sites (tertiary alicyclic amines) is 1. The molecule has 2 unspecified atom stereocenters. The fraction of sp³-hybridized carbons (Fsp3) is 0.400. The van der Waals surface area contributed by atoms with Gasteiger partial charge in [-0.05, 0) is 67.6 Å². The molecule has 2 heterocycles. The number of rotatable bonds is 7. The van der Waals surface area contributed by atoms with Crippen LogP contribution in [0.15, 0.2) is 48.7 Å². The number of thiazole rings is 1. The van der Waals surface area contributed by atoms with Crippen LogP contribution in [0.25, 0.3) is 21.0 Å². The first-order valence-electron chi connectivity index (χ1n) is 11.5. The molecule has 7 heteroatoms. The van der Waals surface area contributed by atoms with Crippen molar-refractivity contribution in [1.29, 1.82) is 0 Å². The van der Waals surface area contributed by atoms with Crippen LogP contribution in [0.4, 0.5) is 5.69 Å². The van der Waals surface area contributed by atoms with E-state index in [0.717, 1.165) is 48.7 Å². The monoisotopic (exact) mass is 466 g/mol. The maximum atomic E-state index is 12.7. The summed E-state index contributed by atoms with van der Waals surface area (Å²) < 4.78 is 16.2. The Kier molecular flexibility index (Phi) is 6.80. The SMILES string of the molecule is Nc1cccc(-c2ncc(-c3cccc4c3CCC4N[S+]([O-])CCN3CCCCC3)s2)c1. The molecular formula is C25H30N4OS2. The van der Waals surface area contributed by atoms with Gasteiger partial charge in [-0.25, -0.2) is 4.98 Å². The molecule has 2 aliphatic rings. The second-order valence-corrected chi connectivity index (χ2v) is 11.1. The summed E-state index contributed by atoms with van der Waals surface area (Å²) in [6, 6.07) is 14.5. The smallest absolute Gasteiger partial charge is 0.138 e. The molecule has 0 amide bonds. The number of hydrogen-bond donors (Lipinski definition) is 2. The minimum atomic E-state index is -1.01. The topological polar surface area (TPSA) is 77.2 Å². The highest BCUT2D eigenvalue weighted by Gasteiger charge is 2.29. The number of fused-ring (bicyclic) bond motifs is 1. The van der Waals surface area contributed by atoms with E-state index in [4.69, 9.17) is 5.73 Å². The van der Waals surface area contributed by atoms with E-state index in [0.29, 0.717) is 5.75 Å². The van der Waals surface area contributed by atoms with Gasteiger partial charge in [-0.1, -0.05) is 36.8 Å². The van der Waals surface area contributed by atoms with Crippen molar-refractivity contribution in [2.24, 2.45) is 0 Å². The van der Waals surface area contributed by atoms with E-state index >= 15 is 0 Å². The lowest BCUT2D eigenvalue weighted by atomic mass is 10.0. The Bertz CT molecular complexity index is 1060. The van der Waals surface area contributed by atoms with Crippen LogP contribution >= 0.6 is 11.3 Å².